The quantitative estimate of drug-likeness (QED) is 0.566. The van der Waals surface area contributed by atoms with Crippen molar-refractivity contribution in [1.29, 1.82) is 0 Å². The summed E-state index contributed by atoms with van der Waals surface area (Å²) < 4.78 is 56.3. The van der Waals surface area contributed by atoms with Gasteiger partial charge < -0.3 is 10.5 Å². The molecule has 0 aliphatic heterocycles. The molecule has 0 unspecified atom stereocenters. The summed E-state index contributed by atoms with van der Waals surface area (Å²) in [6.07, 6.45) is 0.196. The summed E-state index contributed by atoms with van der Waals surface area (Å²) in [5.74, 6) is 0.342. The van der Waals surface area contributed by atoms with Crippen molar-refractivity contribution >= 4 is 16.7 Å². The molecule has 0 saturated heterocycles. The molecule has 4 nitrogen and oxygen atoms in total. The molecule has 0 atom stereocenters. The zero-order chi connectivity index (χ0) is 18.7. The summed E-state index contributed by atoms with van der Waals surface area (Å²) in [5.41, 5.74) is 7.17. The fourth-order valence-corrected chi connectivity index (χ4v) is 3.26. The standard InChI is InChI=1S/C18H21F4N3O/c19-14-8-13(9-15-16(14)17(23)25-24-15)26-10-12-5-3-11(4-6-12)2-1-7-18(20,21)22/h2,8-9,12H,1,3-7,10H2,(H3,23,24,25). The largest absolute Gasteiger partial charge is 0.493 e. The first-order valence-corrected chi connectivity index (χ1v) is 8.62. The third-order valence-corrected chi connectivity index (χ3v) is 4.71. The summed E-state index contributed by atoms with van der Waals surface area (Å²) in [7, 11) is 0. The predicted octanol–water partition coefficient (Wildman–Crippen LogP) is 5.12. The van der Waals surface area contributed by atoms with E-state index >= 15 is 0 Å². The third-order valence-electron chi connectivity index (χ3n) is 4.71. The Morgan fingerprint density at radius 2 is 2.00 bits per heavy atom. The fourth-order valence-electron chi connectivity index (χ4n) is 3.26. The van der Waals surface area contributed by atoms with E-state index in [2.05, 4.69) is 10.2 Å². The van der Waals surface area contributed by atoms with Crippen LogP contribution in [0.25, 0.3) is 10.9 Å². The number of hydrogen-bond donors (Lipinski definition) is 2. The Balaban J connectivity index is 1.49. The number of nitrogens with one attached hydrogen (secondary N) is 1. The zero-order valence-corrected chi connectivity index (χ0v) is 14.2. The summed E-state index contributed by atoms with van der Waals surface area (Å²) in [6, 6.07) is 2.95. The number of nitrogens with two attached hydrogens (primary N) is 1. The van der Waals surface area contributed by atoms with Crippen LogP contribution in [0, 0.1) is 11.7 Å². The Morgan fingerprint density at radius 3 is 2.69 bits per heavy atom. The molecule has 0 bridgehead atoms. The van der Waals surface area contributed by atoms with Crippen molar-refractivity contribution < 1.29 is 22.3 Å². The molecule has 1 heterocycles. The second-order valence-corrected chi connectivity index (χ2v) is 6.71. The van der Waals surface area contributed by atoms with Crippen LogP contribution in [0.5, 0.6) is 5.75 Å². The molecule has 8 heteroatoms. The summed E-state index contributed by atoms with van der Waals surface area (Å²) in [5, 5.41) is 6.69. The van der Waals surface area contributed by atoms with Crippen LogP contribution >= 0.6 is 0 Å². The SMILES string of the molecule is Nc1n[nH]c2cc(OCC3CCC(=CCCC(F)(F)F)CC3)cc(F)c12. The first-order chi connectivity index (χ1) is 12.3. The van der Waals surface area contributed by atoms with Gasteiger partial charge in [-0.1, -0.05) is 11.6 Å². The lowest BCUT2D eigenvalue weighted by atomic mass is 9.86. The van der Waals surface area contributed by atoms with Gasteiger partial charge in [-0.15, -0.1) is 0 Å². The maximum Gasteiger partial charge on any atom is 0.389 e. The van der Waals surface area contributed by atoms with E-state index < -0.39 is 18.4 Å². The number of aromatic nitrogens is 2. The zero-order valence-electron chi connectivity index (χ0n) is 14.2. The highest BCUT2D eigenvalue weighted by molar-refractivity contribution is 5.90. The smallest absolute Gasteiger partial charge is 0.389 e. The van der Waals surface area contributed by atoms with Gasteiger partial charge in [-0.05, 0) is 38.0 Å². The van der Waals surface area contributed by atoms with Gasteiger partial charge in [-0.25, -0.2) is 4.39 Å². The molecule has 1 aromatic carbocycles. The van der Waals surface area contributed by atoms with Gasteiger partial charge in [0.05, 0.1) is 17.5 Å². The number of ether oxygens (including phenoxy) is 1. The van der Waals surface area contributed by atoms with E-state index in [0.29, 0.717) is 23.8 Å². The van der Waals surface area contributed by atoms with Crippen LogP contribution in [0.15, 0.2) is 23.8 Å². The topological polar surface area (TPSA) is 63.9 Å². The van der Waals surface area contributed by atoms with Gasteiger partial charge in [0.2, 0.25) is 0 Å². The molecule has 2 aromatic rings. The van der Waals surface area contributed by atoms with Crippen molar-refractivity contribution in [3.63, 3.8) is 0 Å². The van der Waals surface area contributed by atoms with Crippen molar-refractivity contribution in [2.75, 3.05) is 12.3 Å². The van der Waals surface area contributed by atoms with Gasteiger partial charge >= 0.3 is 6.18 Å². The van der Waals surface area contributed by atoms with Crippen molar-refractivity contribution in [1.82, 2.24) is 10.2 Å². The number of halogens is 4. The molecule has 3 N–H and O–H groups in total. The molecule has 142 valence electrons. The first-order valence-electron chi connectivity index (χ1n) is 8.62. The highest BCUT2D eigenvalue weighted by Gasteiger charge is 2.26. The van der Waals surface area contributed by atoms with E-state index in [9.17, 15) is 17.6 Å². The molecule has 0 amide bonds. The van der Waals surface area contributed by atoms with Crippen molar-refractivity contribution in [2.45, 2.75) is 44.7 Å². The van der Waals surface area contributed by atoms with Gasteiger partial charge in [0.15, 0.2) is 5.82 Å². The van der Waals surface area contributed by atoms with E-state index in [1.807, 2.05) is 0 Å². The van der Waals surface area contributed by atoms with E-state index in [1.54, 1.807) is 12.1 Å². The van der Waals surface area contributed by atoms with Crippen LogP contribution in [0.3, 0.4) is 0 Å². The minimum absolute atomic E-state index is 0.0482. The van der Waals surface area contributed by atoms with Gasteiger partial charge in [0.1, 0.15) is 11.6 Å². The van der Waals surface area contributed by atoms with E-state index in [1.165, 1.54) is 6.07 Å². The molecule has 0 spiro atoms. The second kappa shape index (κ2) is 7.55. The van der Waals surface area contributed by atoms with E-state index in [4.69, 9.17) is 10.5 Å². The van der Waals surface area contributed by atoms with Crippen LogP contribution in [-0.2, 0) is 0 Å². The molecule has 0 radical (unpaired) electrons. The number of benzene rings is 1. The number of alkyl halides is 3. The Morgan fingerprint density at radius 1 is 1.27 bits per heavy atom. The van der Waals surface area contributed by atoms with Crippen molar-refractivity contribution in [3.8, 4) is 5.75 Å². The maximum atomic E-state index is 14.1. The fraction of sp³-hybridized carbons (Fsp3) is 0.500. The van der Waals surface area contributed by atoms with Crippen LogP contribution in [-0.4, -0.2) is 23.0 Å². The molecule has 1 aliphatic rings. The Labute approximate surface area is 148 Å². The molecule has 1 aliphatic carbocycles. The summed E-state index contributed by atoms with van der Waals surface area (Å²) >= 11 is 0. The number of fused-ring (bicyclic) bond motifs is 1. The van der Waals surface area contributed by atoms with Crippen LogP contribution in [0.1, 0.15) is 38.5 Å². The number of rotatable bonds is 5. The average Bonchev–Trinajstić information content (AvgIpc) is 2.94. The minimum Gasteiger partial charge on any atom is -0.493 e. The monoisotopic (exact) mass is 371 g/mol. The molecule has 1 fully saturated rings. The highest BCUT2D eigenvalue weighted by Crippen LogP contribution is 2.31. The highest BCUT2D eigenvalue weighted by atomic mass is 19.4. The number of nitrogens with zero attached hydrogens (tertiary/aromatic N) is 1. The molecule has 1 saturated carbocycles. The lowest BCUT2D eigenvalue weighted by Crippen LogP contribution is -2.16. The Kier molecular flexibility index (Phi) is 5.38. The molecule has 1 aromatic heterocycles. The Hall–Kier alpha value is -2.25. The number of nitrogen functional groups attached to an aromatic ring is 1. The van der Waals surface area contributed by atoms with Gasteiger partial charge in [0.25, 0.3) is 0 Å². The van der Waals surface area contributed by atoms with Gasteiger partial charge in [0, 0.05) is 18.6 Å². The normalized spacial score (nSPS) is 18.3. The molecule has 3 rings (SSSR count). The minimum atomic E-state index is -4.10. The molecular formula is C18H21F4N3O. The number of allylic oxidation sites excluding steroid dienone is 2. The van der Waals surface area contributed by atoms with Crippen LogP contribution < -0.4 is 10.5 Å². The average molecular weight is 371 g/mol. The van der Waals surface area contributed by atoms with Crippen molar-refractivity contribution in [2.24, 2.45) is 5.92 Å². The number of hydrogen-bond acceptors (Lipinski definition) is 3. The van der Waals surface area contributed by atoms with E-state index in [0.717, 1.165) is 31.3 Å². The number of aromatic amines is 1. The lowest BCUT2D eigenvalue weighted by molar-refractivity contribution is -0.133. The maximum absolute atomic E-state index is 14.1. The van der Waals surface area contributed by atoms with Crippen LogP contribution in [0.2, 0.25) is 0 Å². The Bertz CT molecular complexity index is 788. The number of anilines is 1. The van der Waals surface area contributed by atoms with Gasteiger partial charge in [-0.3, -0.25) is 5.10 Å². The predicted molar refractivity (Wildman–Crippen MR) is 91.3 cm³/mol. The van der Waals surface area contributed by atoms with E-state index in [-0.39, 0.29) is 17.6 Å². The van der Waals surface area contributed by atoms with Crippen molar-refractivity contribution in [3.05, 3.63) is 29.6 Å². The summed E-state index contributed by atoms with van der Waals surface area (Å²) in [6.45, 7) is 0.449. The summed E-state index contributed by atoms with van der Waals surface area (Å²) in [4.78, 5) is 0. The number of H-pyrrole nitrogens is 1. The van der Waals surface area contributed by atoms with Crippen LogP contribution in [0.4, 0.5) is 23.4 Å². The second-order valence-electron chi connectivity index (χ2n) is 6.71. The lowest BCUT2D eigenvalue weighted by Gasteiger charge is -2.24. The third kappa shape index (κ3) is 4.68. The van der Waals surface area contributed by atoms with Gasteiger partial charge in [-0.2, -0.15) is 18.3 Å². The molecule has 26 heavy (non-hydrogen) atoms. The molecular weight excluding hydrogens is 350 g/mol. The first kappa shape index (κ1) is 18.5.